The summed E-state index contributed by atoms with van der Waals surface area (Å²) in [5.74, 6) is -0.0114. The lowest BCUT2D eigenvalue weighted by Gasteiger charge is -2.33. The molecule has 9 heteroatoms. The lowest BCUT2D eigenvalue weighted by Crippen LogP contribution is -2.59. The second-order valence-corrected chi connectivity index (χ2v) is 11.2. The Labute approximate surface area is 254 Å². The van der Waals surface area contributed by atoms with Crippen LogP contribution in [0, 0.1) is 0 Å². The van der Waals surface area contributed by atoms with Crippen molar-refractivity contribution in [3.05, 3.63) is 66.2 Å². The van der Waals surface area contributed by atoms with Gasteiger partial charge in [-0.15, -0.1) is 0 Å². The van der Waals surface area contributed by atoms with E-state index in [1.165, 1.54) is 0 Å². The predicted molar refractivity (Wildman–Crippen MR) is 172 cm³/mol. The van der Waals surface area contributed by atoms with E-state index in [1.807, 2.05) is 67.6 Å². The summed E-state index contributed by atoms with van der Waals surface area (Å²) in [7, 11) is 3.31. The standard InChI is InChI=1S/C34H45N5O4/c1-23(36-3)33(41)37-32-24(2)39(31(40)18-8-6-5-7-13-21-35)29-17-12-11-16-28(29)38(34(32)42)22-27-26-15-10-9-14-25(26)19-20-30(27)43-4/h9-12,14-17,19-20,23-24,32,36H,5-8,13,18,21-22,35H2,1-4H3,(H,37,41). The maximum Gasteiger partial charge on any atom is 0.252 e. The Morgan fingerprint density at radius 1 is 0.953 bits per heavy atom. The molecule has 3 atom stereocenters. The van der Waals surface area contributed by atoms with Crippen molar-refractivity contribution in [2.45, 2.75) is 77.0 Å². The number of methoxy groups -OCH3 is 1. The van der Waals surface area contributed by atoms with Crippen LogP contribution in [-0.2, 0) is 20.9 Å². The highest BCUT2D eigenvalue weighted by Crippen LogP contribution is 2.39. The third-order valence-electron chi connectivity index (χ3n) is 8.38. The first-order chi connectivity index (χ1) is 20.8. The number of carbonyl (C=O) groups is 3. The maximum absolute atomic E-state index is 14.5. The molecule has 3 aromatic rings. The number of hydrogen-bond acceptors (Lipinski definition) is 6. The summed E-state index contributed by atoms with van der Waals surface area (Å²) in [5, 5.41) is 7.91. The number of nitrogens with zero attached hydrogens (tertiary/aromatic N) is 2. The molecule has 4 N–H and O–H groups in total. The van der Waals surface area contributed by atoms with Crippen LogP contribution >= 0.6 is 0 Å². The molecule has 43 heavy (non-hydrogen) atoms. The van der Waals surface area contributed by atoms with E-state index in [9.17, 15) is 14.4 Å². The highest BCUT2D eigenvalue weighted by molar-refractivity contribution is 6.09. The van der Waals surface area contributed by atoms with Crippen molar-refractivity contribution >= 4 is 39.9 Å². The summed E-state index contributed by atoms with van der Waals surface area (Å²) < 4.78 is 5.76. The highest BCUT2D eigenvalue weighted by Gasteiger charge is 2.42. The van der Waals surface area contributed by atoms with Crippen molar-refractivity contribution in [2.75, 3.05) is 30.5 Å². The molecule has 0 bridgehead atoms. The quantitative estimate of drug-likeness (QED) is 0.254. The second-order valence-electron chi connectivity index (χ2n) is 11.2. The fourth-order valence-electron chi connectivity index (χ4n) is 5.77. The average molecular weight is 588 g/mol. The normalized spacial score (nSPS) is 17.4. The Bertz CT molecular complexity index is 1430. The van der Waals surface area contributed by atoms with Gasteiger partial charge in [-0.3, -0.25) is 14.4 Å². The summed E-state index contributed by atoms with van der Waals surface area (Å²) in [6, 6.07) is 17.3. The molecule has 1 heterocycles. The number of nitrogens with two attached hydrogens (primary N) is 1. The smallest absolute Gasteiger partial charge is 0.252 e. The number of ether oxygens (including phenoxy) is 1. The lowest BCUT2D eigenvalue weighted by molar-refractivity contribution is -0.129. The van der Waals surface area contributed by atoms with Gasteiger partial charge in [0.25, 0.3) is 5.91 Å². The van der Waals surface area contributed by atoms with E-state index in [0.717, 1.165) is 48.4 Å². The minimum absolute atomic E-state index is 0.0721. The molecule has 3 unspecified atom stereocenters. The molecule has 230 valence electrons. The van der Waals surface area contributed by atoms with E-state index >= 15 is 0 Å². The van der Waals surface area contributed by atoms with Crippen molar-refractivity contribution in [3.8, 4) is 5.75 Å². The number of carbonyl (C=O) groups excluding carboxylic acids is 3. The summed E-state index contributed by atoms with van der Waals surface area (Å²) in [5.41, 5.74) is 7.73. The van der Waals surface area contributed by atoms with Gasteiger partial charge in [0.1, 0.15) is 11.8 Å². The molecular weight excluding hydrogens is 542 g/mol. The molecule has 0 aromatic heterocycles. The van der Waals surface area contributed by atoms with E-state index < -0.39 is 18.1 Å². The Morgan fingerprint density at radius 3 is 2.35 bits per heavy atom. The summed E-state index contributed by atoms with van der Waals surface area (Å²) in [6.45, 7) is 4.45. The van der Waals surface area contributed by atoms with Crippen molar-refractivity contribution < 1.29 is 19.1 Å². The van der Waals surface area contributed by atoms with Crippen LogP contribution in [-0.4, -0.2) is 56.5 Å². The highest BCUT2D eigenvalue weighted by atomic mass is 16.5. The Balaban J connectivity index is 1.77. The fraction of sp³-hybridized carbons (Fsp3) is 0.441. The summed E-state index contributed by atoms with van der Waals surface area (Å²) in [6.07, 6.45) is 5.08. The van der Waals surface area contributed by atoms with Crippen molar-refractivity contribution in [1.29, 1.82) is 0 Å². The SMILES string of the molecule is CNC(C)C(=O)NC1C(=O)N(Cc2c(OC)ccc3ccccc23)c2ccccc2N(C(=O)CCCCCCCN)C1C. The van der Waals surface area contributed by atoms with Crippen LogP contribution in [0.25, 0.3) is 10.8 Å². The molecule has 1 aliphatic rings. The van der Waals surface area contributed by atoms with Gasteiger partial charge in [0.15, 0.2) is 0 Å². The minimum Gasteiger partial charge on any atom is -0.496 e. The topological polar surface area (TPSA) is 117 Å². The van der Waals surface area contributed by atoms with Gasteiger partial charge >= 0.3 is 0 Å². The number of hydrogen-bond donors (Lipinski definition) is 3. The van der Waals surface area contributed by atoms with E-state index in [1.54, 1.807) is 30.9 Å². The van der Waals surface area contributed by atoms with Crippen molar-refractivity contribution in [3.63, 3.8) is 0 Å². The van der Waals surface area contributed by atoms with Crippen LogP contribution in [0.5, 0.6) is 5.75 Å². The van der Waals surface area contributed by atoms with Gasteiger partial charge in [-0.2, -0.15) is 0 Å². The first kappa shape index (κ1) is 32.0. The number of nitrogens with one attached hydrogen (secondary N) is 2. The van der Waals surface area contributed by atoms with Crippen LogP contribution in [0.3, 0.4) is 0 Å². The van der Waals surface area contributed by atoms with Crippen LogP contribution in [0.2, 0.25) is 0 Å². The predicted octanol–water partition coefficient (Wildman–Crippen LogP) is 4.51. The minimum atomic E-state index is -0.967. The molecule has 1 aliphatic heterocycles. The zero-order valence-electron chi connectivity index (χ0n) is 25.8. The number of unbranched alkanes of at least 4 members (excludes halogenated alkanes) is 4. The molecule has 9 nitrogen and oxygen atoms in total. The van der Waals surface area contributed by atoms with E-state index in [-0.39, 0.29) is 24.3 Å². The maximum atomic E-state index is 14.5. The molecule has 0 fully saturated rings. The van der Waals surface area contributed by atoms with Gasteiger partial charge in [0.05, 0.1) is 37.1 Å². The zero-order chi connectivity index (χ0) is 30.9. The molecule has 3 amide bonds. The molecule has 0 saturated heterocycles. The number of rotatable bonds is 13. The number of fused-ring (bicyclic) bond motifs is 2. The van der Waals surface area contributed by atoms with Crippen LogP contribution in [0.1, 0.15) is 57.9 Å². The molecular formula is C34H45N5O4. The Morgan fingerprint density at radius 2 is 1.63 bits per heavy atom. The monoisotopic (exact) mass is 587 g/mol. The van der Waals surface area contributed by atoms with Crippen molar-refractivity contribution in [1.82, 2.24) is 10.6 Å². The third-order valence-corrected chi connectivity index (χ3v) is 8.38. The molecule has 3 aromatic carbocycles. The van der Waals surface area contributed by atoms with E-state index in [4.69, 9.17) is 10.5 Å². The Kier molecular flexibility index (Phi) is 11.1. The first-order valence-electron chi connectivity index (χ1n) is 15.3. The largest absolute Gasteiger partial charge is 0.496 e. The average Bonchev–Trinajstić information content (AvgIpc) is 3.11. The number of anilines is 2. The Hall–Kier alpha value is -3.95. The summed E-state index contributed by atoms with van der Waals surface area (Å²) >= 11 is 0. The van der Waals surface area contributed by atoms with Gasteiger partial charge in [-0.25, -0.2) is 0 Å². The van der Waals surface area contributed by atoms with Gasteiger partial charge in [-0.1, -0.05) is 61.7 Å². The lowest BCUT2D eigenvalue weighted by atomic mass is 10.0. The van der Waals surface area contributed by atoms with Gasteiger partial charge in [-0.05, 0) is 69.3 Å². The number of benzene rings is 3. The number of likely N-dealkylation sites (N-methyl/N-ethyl adjacent to an activating group) is 1. The second kappa shape index (κ2) is 15.0. The molecule has 0 radical (unpaired) electrons. The van der Waals surface area contributed by atoms with Crippen LogP contribution in [0.15, 0.2) is 60.7 Å². The third kappa shape index (κ3) is 7.17. The zero-order valence-corrected chi connectivity index (χ0v) is 25.8. The number of amides is 3. The first-order valence-corrected chi connectivity index (χ1v) is 15.3. The van der Waals surface area contributed by atoms with Crippen LogP contribution < -0.4 is 30.9 Å². The fourth-order valence-corrected chi connectivity index (χ4v) is 5.77. The van der Waals surface area contributed by atoms with Crippen molar-refractivity contribution in [2.24, 2.45) is 5.73 Å². The molecule has 0 spiro atoms. The van der Waals surface area contributed by atoms with E-state index in [2.05, 4.69) is 10.6 Å². The van der Waals surface area contributed by atoms with Gasteiger partial charge < -0.3 is 30.9 Å². The number of para-hydroxylation sites is 2. The van der Waals surface area contributed by atoms with Gasteiger partial charge in [0, 0.05) is 12.0 Å². The molecule has 4 rings (SSSR count). The van der Waals surface area contributed by atoms with Crippen LogP contribution in [0.4, 0.5) is 11.4 Å². The summed E-state index contributed by atoms with van der Waals surface area (Å²) in [4.78, 5) is 45.0. The van der Waals surface area contributed by atoms with Gasteiger partial charge in [0.2, 0.25) is 11.8 Å². The molecule has 0 saturated carbocycles. The molecule has 0 aliphatic carbocycles. The van der Waals surface area contributed by atoms with E-state index in [0.29, 0.717) is 30.1 Å².